The van der Waals surface area contributed by atoms with E-state index in [1.54, 1.807) is 0 Å². The van der Waals surface area contributed by atoms with Crippen LogP contribution in [-0.4, -0.2) is 15.6 Å². The van der Waals surface area contributed by atoms with E-state index in [9.17, 15) is 4.91 Å². The molecule has 0 radical (unpaired) electrons. The number of rotatable bonds is 3. The van der Waals surface area contributed by atoms with Crippen molar-refractivity contribution >= 4 is 32.8 Å². The minimum Gasteiger partial charge on any atom is -0.487 e. The Kier molecular flexibility index (Phi) is 5.26. The summed E-state index contributed by atoms with van der Waals surface area (Å²) in [7, 11) is 0. The van der Waals surface area contributed by atoms with E-state index in [1.165, 1.54) is 12.0 Å². The average molecular weight is 502 g/mol. The van der Waals surface area contributed by atoms with Crippen molar-refractivity contribution in [2.75, 3.05) is 0 Å². The van der Waals surface area contributed by atoms with Gasteiger partial charge in [-0.05, 0) is 61.8 Å². The summed E-state index contributed by atoms with van der Waals surface area (Å²) in [5.74, 6) is 2.43. The van der Waals surface area contributed by atoms with Crippen LogP contribution in [0.1, 0.15) is 68.7 Å². The van der Waals surface area contributed by atoms with Crippen LogP contribution in [0.25, 0.3) is 32.8 Å². The molecule has 0 amide bonds. The highest BCUT2D eigenvalue weighted by atomic mass is 16.5. The first-order valence-electron chi connectivity index (χ1n) is 13.7. The molecule has 5 heteroatoms. The Morgan fingerprint density at radius 1 is 0.868 bits per heavy atom. The number of hydrogen-bond donors (Lipinski definition) is 0. The van der Waals surface area contributed by atoms with Crippen molar-refractivity contribution in [1.82, 2.24) is 9.97 Å². The third-order valence-electron chi connectivity index (χ3n) is 8.89. The summed E-state index contributed by atoms with van der Waals surface area (Å²) in [4.78, 5) is 22.4. The van der Waals surface area contributed by atoms with E-state index in [2.05, 4.69) is 50.2 Å². The summed E-state index contributed by atoms with van der Waals surface area (Å²) in [6.45, 7) is 6.86. The number of hydrogen-bond acceptors (Lipinski definition) is 5. The second-order valence-electron chi connectivity index (χ2n) is 11.7. The smallest absolute Gasteiger partial charge is 0.142 e. The zero-order valence-corrected chi connectivity index (χ0v) is 22.0. The van der Waals surface area contributed by atoms with Gasteiger partial charge < -0.3 is 4.74 Å². The predicted octanol–water partition coefficient (Wildman–Crippen LogP) is 8.48. The molecule has 0 bridgehead atoms. The Morgan fingerprint density at radius 2 is 1.61 bits per heavy atom. The minimum atomic E-state index is -0.587. The number of nitroso groups, excluding NO2 is 1. The lowest BCUT2D eigenvalue weighted by molar-refractivity contribution is -0.0115. The van der Waals surface area contributed by atoms with E-state index in [4.69, 9.17) is 14.7 Å². The molecule has 2 heterocycles. The van der Waals surface area contributed by atoms with E-state index >= 15 is 0 Å². The highest BCUT2D eigenvalue weighted by molar-refractivity contribution is 6.11. The minimum absolute atomic E-state index is 0.246. The molecule has 7 rings (SSSR count). The molecule has 0 saturated heterocycles. The zero-order valence-electron chi connectivity index (χ0n) is 22.0. The Hall–Kier alpha value is -3.86. The fourth-order valence-corrected chi connectivity index (χ4v) is 7.03. The van der Waals surface area contributed by atoms with Gasteiger partial charge in [-0.2, -0.15) is 0 Å². The van der Waals surface area contributed by atoms with Crippen LogP contribution in [0.5, 0.6) is 5.75 Å². The van der Waals surface area contributed by atoms with Crippen LogP contribution in [0.3, 0.4) is 0 Å². The van der Waals surface area contributed by atoms with Gasteiger partial charge in [0.15, 0.2) is 0 Å². The van der Waals surface area contributed by atoms with Gasteiger partial charge in [0.25, 0.3) is 0 Å². The molecule has 190 valence electrons. The van der Waals surface area contributed by atoms with Crippen molar-refractivity contribution in [2.24, 2.45) is 17.0 Å². The molecular formula is C33H31N3O2. The molecule has 5 aromatic rings. The highest BCUT2D eigenvalue weighted by Gasteiger charge is 2.47. The van der Waals surface area contributed by atoms with Crippen molar-refractivity contribution in [2.45, 2.75) is 57.6 Å². The molecule has 1 aromatic heterocycles. The molecule has 1 unspecified atom stereocenters. The largest absolute Gasteiger partial charge is 0.487 e. The number of ether oxygens (including phenoxy) is 1. The van der Waals surface area contributed by atoms with Gasteiger partial charge in [-0.15, -0.1) is 4.91 Å². The number of benzene rings is 4. The fraction of sp³-hybridized carbons (Fsp3) is 0.333. The maximum absolute atomic E-state index is 11.9. The monoisotopic (exact) mass is 501 g/mol. The van der Waals surface area contributed by atoms with Crippen LogP contribution >= 0.6 is 0 Å². The van der Waals surface area contributed by atoms with Crippen molar-refractivity contribution in [1.29, 1.82) is 0 Å². The predicted molar refractivity (Wildman–Crippen MR) is 153 cm³/mol. The standard InChI is InChI=1S/C33H31N3O2/c1-19-13-15-25-24(17-19)28-31-30(22-11-7-8-12-23(22)32(28)38-33(25,2)3)34-26-16-14-21(18-27(26)35-31)29(36-37)20-9-5-4-6-10-20/h4-12,14,16,18-19,24-25,29H,13,15,17H2,1-3H3/t19-,24-,25-,29?/m0/s1. The van der Waals surface area contributed by atoms with Gasteiger partial charge in [0, 0.05) is 22.3 Å². The second kappa shape index (κ2) is 8.59. The molecule has 1 fully saturated rings. The quantitative estimate of drug-likeness (QED) is 0.141. The SMILES string of the molecule is C[C@H]1CC[C@H]2[C@H](C1)c1c(c3ccccc3c3nc4ccc(C(N=O)c5ccccc5)cc4nc13)OC2(C)C. The van der Waals surface area contributed by atoms with Crippen LogP contribution in [0, 0.1) is 16.7 Å². The molecule has 1 saturated carbocycles. The molecule has 0 spiro atoms. The first-order chi connectivity index (χ1) is 18.4. The lowest BCUT2D eigenvalue weighted by Gasteiger charge is -2.49. The van der Waals surface area contributed by atoms with Gasteiger partial charge in [0.2, 0.25) is 0 Å². The highest BCUT2D eigenvalue weighted by Crippen LogP contribution is 2.56. The second-order valence-corrected chi connectivity index (χ2v) is 11.7. The van der Waals surface area contributed by atoms with E-state index in [-0.39, 0.29) is 5.60 Å². The molecular weight excluding hydrogens is 470 g/mol. The topological polar surface area (TPSA) is 64.4 Å². The third-order valence-corrected chi connectivity index (χ3v) is 8.89. The van der Waals surface area contributed by atoms with Crippen molar-refractivity contribution in [3.63, 3.8) is 0 Å². The maximum Gasteiger partial charge on any atom is 0.142 e. The first kappa shape index (κ1) is 23.3. The molecule has 2 aliphatic rings. The zero-order chi connectivity index (χ0) is 26.0. The van der Waals surface area contributed by atoms with E-state index < -0.39 is 6.04 Å². The van der Waals surface area contributed by atoms with E-state index in [1.807, 2.05) is 48.5 Å². The normalized spacial score (nSPS) is 23.0. The molecule has 5 nitrogen and oxygen atoms in total. The lowest BCUT2D eigenvalue weighted by atomic mass is 9.64. The van der Waals surface area contributed by atoms with Crippen LogP contribution in [0.4, 0.5) is 0 Å². The van der Waals surface area contributed by atoms with Crippen LogP contribution in [0.15, 0.2) is 78.0 Å². The van der Waals surface area contributed by atoms with Crippen LogP contribution in [0.2, 0.25) is 0 Å². The summed E-state index contributed by atoms with van der Waals surface area (Å²) in [5.41, 5.74) is 6.10. The summed E-state index contributed by atoms with van der Waals surface area (Å²) >= 11 is 0. The number of nitrogens with zero attached hydrogens (tertiary/aromatic N) is 3. The molecule has 1 aliphatic heterocycles. The number of aromatic nitrogens is 2. The van der Waals surface area contributed by atoms with Crippen LogP contribution < -0.4 is 4.74 Å². The molecule has 38 heavy (non-hydrogen) atoms. The summed E-state index contributed by atoms with van der Waals surface area (Å²) in [6, 6.07) is 23.4. The summed E-state index contributed by atoms with van der Waals surface area (Å²) in [5, 5.41) is 5.64. The Balaban J connectivity index is 1.51. The number of fused-ring (bicyclic) bond motifs is 9. The molecule has 4 atom stereocenters. The van der Waals surface area contributed by atoms with Gasteiger partial charge in [-0.1, -0.05) is 79.2 Å². The molecule has 4 aromatic carbocycles. The fourth-order valence-electron chi connectivity index (χ4n) is 7.03. The van der Waals surface area contributed by atoms with Crippen molar-refractivity contribution in [3.05, 3.63) is 94.4 Å². The Labute approximate surface area is 222 Å². The first-order valence-corrected chi connectivity index (χ1v) is 13.7. The lowest BCUT2D eigenvalue weighted by Crippen LogP contribution is -2.46. The van der Waals surface area contributed by atoms with Crippen molar-refractivity contribution in [3.8, 4) is 5.75 Å². The maximum atomic E-state index is 11.9. The van der Waals surface area contributed by atoms with Crippen molar-refractivity contribution < 1.29 is 4.74 Å². The Bertz CT molecular complexity index is 1710. The third kappa shape index (κ3) is 3.52. The van der Waals surface area contributed by atoms with E-state index in [0.29, 0.717) is 17.8 Å². The summed E-state index contributed by atoms with van der Waals surface area (Å²) < 4.78 is 6.87. The average Bonchev–Trinajstić information content (AvgIpc) is 2.93. The van der Waals surface area contributed by atoms with Gasteiger partial charge >= 0.3 is 0 Å². The van der Waals surface area contributed by atoms with E-state index in [0.717, 1.165) is 62.6 Å². The van der Waals surface area contributed by atoms with Gasteiger partial charge in [0.1, 0.15) is 17.4 Å². The van der Waals surface area contributed by atoms with Gasteiger partial charge in [-0.3, -0.25) is 0 Å². The summed E-state index contributed by atoms with van der Waals surface area (Å²) in [6.07, 6.45) is 3.51. The molecule has 1 aliphatic carbocycles. The molecule has 0 N–H and O–H groups in total. The van der Waals surface area contributed by atoms with Gasteiger partial charge in [0.05, 0.1) is 22.1 Å². The van der Waals surface area contributed by atoms with Gasteiger partial charge in [-0.25, -0.2) is 9.97 Å². The van der Waals surface area contributed by atoms with Crippen LogP contribution in [-0.2, 0) is 0 Å². The Morgan fingerprint density at radius 3 is 2.39 bits per heavy atom.